The lowest BCUT2D eigenvalue weighted by atomic mass is 10.2. The lowest BCUT2D eigenvalue weighted by molar-refractivity contribution is 0.217. The van der Waals surface area contributed by atoms with Crippen molar-refractivity contribution in [2.75, 3.05) is 19.8 Å². The van der Waals surface area contributed by atoms with E-state index in [1.807, 2.05) is 54.6 Å². The maximum absolute atomic E-state index is 8.66. The maximum atomic E-state index is 8.66. The maximum Gasteiger partial charge on any atom is 0.122 e. The van der Waals surface area contributed by atoms with Gasteiger partial charge in [-0.05, 0) is 30.3 Å². The van der Waals surface area contributed by atoms with Crippen LogP contribution in [0.25, 0.3) is 0 Å². The van der Waals surface area contributed by atoms with Crippen LogP contribution >= 0.6 is 0 Å². The third-order valence-corrected chi connectivity index (χ3v) is 2.51. The number of rotatable bonds is 5. The van der Waals surface area contributed by atoms with Gasteiger partial charge >= 0.3 is 0 Å². The predicted octanol–water partition coefficient (Wildman–Crippen LogP) is 2.49. The molecule has 0 amide bonds. The molecule has 2 aromatic carbocycles. The van der Waals surface area contributed by atoms with Gasteiger partial charge in [-0.2, -0.15) is 0 Å². The number of benzene rings is 2. The van der Waals surface area contributed by atoms with Gasteiger partial charge in [-0.15, -0.1) is 0 Å². The van der Waals surface area contributed by atoms with Crippen LogP contribution in [0.5, 0.6) is 11.5 Å². The van der Waals surface area contributed by atoms with E-state index in [9.17, 15) is 0 Å². The van der Waals surface area contributed by atoms with E-state index in [0.717, 1.165) is 17.1 Å². The highest BCUT2D eigenvalue weighted by atomic mass is 16.5. The topological polar surface area (TPSA) is 38.7 Å². The van der Waals surface area contributed by atoms with Crippen molar-refractivity contribution in [3.8, 4) is 23.3 Å². The summed E-state index contributed by atoms with van der Waals surface area (Å²) in [5, 5.41) is 8.66. The van der Waals surface area contributed by atoms with Crippen molar-refractivity contribution >= 4 is 0 Å². The SMILES string of the molecule is OCC#Cc1cccc(OCCOc2ccccc2)c1. The first-order valence-electron chi connectivity index (χ1n) is 6.39. The minimum absolute atomic E-state index is 0.143. The van der Waals surface area contributed by atoms with Crippen molar-refractivity contribution in [2.24, 2.45) is 0 Å². The second-order valence-corrected chi connectivity index (χ2v) is 4.00. The van der Waals surface area contributed by atoms with E-state index < -0.39 is 0 Å². The number of ether oxygens (including phenoxy) is 2. The van der Waals surface area contributed by atoms with Gasteiger partial charge in [-0.1, -0.05) is 36.1 Å². The molecule has 1 N–H and O–H groups in total. The fraction of sp³-hybridized carbons (Fsp3) is 0.176. The average molecular weight is 268 g/mol. The summed E-state index contributed by atoms with van der Waals surface area (Å²) in [7, 11) is 0. The molecule has 0 aliphatic rings. The molecular formula is C17H16O3. The van der Waals surface area contributed by atoms with Crippen LogP contribution in [0.1, 0.15) is 5.56 Å². The number of aliphatic hydroxyl groups is 1. The van der Waals surface area contributed by atoms with Crippen molar-refractivity contribution in [1.29, 1.82) is 0 Å². The van der Waals surface area contributed by atoms with Gasteiger partial charge in [0.2, 0.25) is 0 Å². The van der Waals surface area contributed by atoms with Crippen LogP contribution in [0.2, 0.25) is 0 Å². The van der Waals surface area contributed by atoms with Gasteiger partial charge in [0.05, 0.1) is 0 Å². The Labute approximate surface area is 118 Å². The van der Waals surface area contributed by atoms with Crippen molar-refractivity contribution in [1.82, 2.24) is 0 Å². The highest BCUT2D eigenvalue weighted by Gasteiger charge is 1.96. The lowest BCUT2D eigenvalue weighted by Gasteiger charge is -2.08. The Morgan fingerprint density at radius 2 is 1.55 bits per heavy atom. The van der Waals surface area contributed by atoms with Crippen LogP contribution in [0, 0.1) is 11.8 Å². The smallest absolute Gasteiger partial charge is 0.122 e. The molecule has 2 rings (SSSR count). The van der Waals surface area contributed by atoms with Gasteiger partial charge < -0.3 is 14.6 Å². The third kappa shape index (κ3) is 4.68. The molecule has 0 aliphatic heterocycles. The average Bonchev–Trinajstić information content (AvgIpc) is 2.51. The van der Waals surface area contributed by atoms with Crippen molar-refractivity contribution in [2.45, 2.75) is 0 Å². The van der Waals surface area contributed by atoms with Crippen LogP contribution in [0.4, 0.5) is 0 Å². The molecule has 2 aromatic rings. The van der Waals surface area contributed by atoms with Crippen LogP contribution in [0.3, 0.4) is 0 Å². The Kier molecular flexibility index (Phi) is 5.51. The molecular weight excluding hydrogens is 252 g/mol. The Balaban J connectivity index is 1.79. The molecule has 0 heterocycles. The largest absolute Gasteiger partial charge is 0.490 e. The van der Waals surface area contributed by atoms with Gasteiger partial charge in [0.25, 0.3) is 0 Å². The number of aliphatic hydroxyl groups excluding tert-OH is 1. The van der Waals surface area contributed by atoms with E-state index in [0.29, 0.717) is 13.2 Å². The molecule has 0 saturated heterocycles. The van der Waals surface area contributed by atoms with E-state index >= 15 is 0 Å². The van der Waals surface area contributed by atoms with E-state index in [4.69, 9.17) is 14.6 Å². The summed E-state index contributed by atoms with van der Waals surface area (Å²) in [5.41, 5.74) is 0.820. The fourth-order valence-corrected chi connectivity index (χ4v) is 1.64. The molecule has 3 heteroatoms. The standard InChI is InChI=1S/C17H16O3/c18-11-5-7-15-6-4-10-17(14-15)20-13-12-19-16-8-2-1-3-9-16/h1-4,6,8-10,14,18H,11-13H2. The monoisotopic (exact) mass is 268 g/mol. The summed E-state index contributed by atoms with van der Waals surface area (Å²) >= 11 is 0. The van der Waals surface area contributed by atoms with Crippen molar-refractivity contribution in [3.63, 3.8) is 0 Å². The zero-order valence-electron chi connectivity index (χ0n) is 11.1. The summed E-state index contributed by atoms with van der Waals surface area (Å²) in [5.74, 6) is 7.02. The van der Waals surface area contributed by atoms with Gasteiger partial charge in [0.1, 0.15) is 31.3 Å². The molecule has 0 unspecified atom stereocenters. The van der Waals surface area contributed by atoms with Gasteiger partial charge in [-0.3, -0.25) is 0 Å². The molecule has 0 radical (unpaired) electrons. The first-order valence-corrected chi connectivity index (χ1v) is 6.39. The summed E-state index contributed by atoms with van der Waals surface area (Å²) < 4.78 is 11.1. The molecule has 0 aromatic heterocycles. The first kappa shape index (κ1) is 14.0. The van der Waals surface area contributed by atoms with E-state index in [2.05, 4.69) is 11.8 Å². The molecule has 0 atom stereocenters. The van der Waals surface area contributed by atoms with Gasteiger partial charge in [0.15, 0.2) is 0 Å². The highest BCUT2D eigenvalue weighted by molar-refractivity contribution is 5.39. The number of hydrogen-bond acceptors (Lipinski definition) is 3. The Morgan fingerprint density at radius 1 is 0.850 bits per heavy atom. The predicted molar refractivity (Wildman–Crippen MR) is 77.8 cm³/mol. The summed E-state index contributed by atoms with van der Waals surface area (Å²) in [6.07, 6.45) is 0. The lowest BCUT2D eigenvalue weighted by Crippen LogP contribution is -2.08. The molecule has 0 spiro atoms. The van der Waals surface area contributed by atoms with Crippen LogP contribution in [0.15, 0.2) is 54.6 Å². The molecule has 0 fully saturated rings. The Morgan fingerprint density at radius 3 is 2.30 bits per heavy atom. The summed E-state index contributed by atoms with van der Waals surface area (Å²) in [6.45, 7) is 0.804. The zero-order valence-corrected chi connectivity index (χ0v) is 11.1. The fourth-order valence-electron chi connectivity index (χ4n) is 1.64. The van der Waals surface area contributed by atoms with Crippen molar-refractivity contribution < 1.29 is 14.6 Å². The van der Waals surface area contributed by atoms with E-state index in [1.54, 1.807) is 0 Å². The number of para-hydroxylation sites is 1. The minimum atomic E-state index is -0.143. The Bertz CT molecular complexity index is 582. The summed E-state index contributed by atoms with van der Waals surface area (Å²) in [6, 6.07) is 17.1. The van der Waals surface area contributed by atoms with Crippen LogP contribution in [-0.4, -0.2) is 24.9 Å². The van der Waals surface area contributed by atoms with E-state index in [-0.39, 0.29) is 6.61 Å². The normalized spacial score (nSPS) is 9.45. The molecule has 3 nitrogen and oxygen atoms in total. The molecule has 102 valence electrons. The summed E-state index contributed by atoms with van der Waals surface area (Å²) in [4.78, 5) is 0. The number of hydrogen-bond donors (Lipinski definition) is 1. The highest BCUT2D eigenvalue weighted by Crippen LogP contribution is 2.13. The first-order chi connectivity index (χ1) is 9.88. The third-order valence-electron chi connectivity index (χ3n) is 2.51. The van der Waals surface area contributed by atoms with E-state index in [1.165, 1.54) is 0 Å². The second kappa shape index (κ2) is 7.88. The minimum Gasteiger partial charge on any atom is -0.490 e. The second-order valence-electron chi connectivity index (χ2n) is 4.00. The van der Waals surface area contributed by atoms with Crippen molar-refractivity contribution in [3.05, 3.63) is 60.2 Å². The molecule has 0 aliphatic carbocycles. The molecule has 0 bridgehead atoms. The zero-order chi connectivity index (χ0) is 14.0. The van der Waals surface area contributed by atoms with Gasteiger partial charge in [0, 0.05) is 5.56 Å². The van der Waals surface area contributed by atoms with Gasteiger partial charge in [-0.25, -0.2) is 0 Å². The molecule has 20 heavy (non-hydrogen) atoms. The molecule has 0 saturated carbocycles. The van der Waals surface area contributed by atoms with Crippen LogP contribution in [-0.2, 0) is 0 Å². The van der Waals surface area contributed by atoms with Crippen LogP contribution < -0.4 is 9.47 Å². The quantitative estimate of drug-likeness (QED) is 0.669. The Hall–Kier alpha value is -2.44.